The molecule has 1 unspecified atom stereocenters. The van der Waals surface area contributed by atoms with Crippen molar-refractivity contribution in [1.82, 2.24) is 5.32 Å². The van der Waals surface area contributed by atoms with E-state index in [2.05, 4.69) is 5.32 Å². The molecule has 1 amide bonds. The highest BCUT2D eigenvalue weighted by atomic mass is 16.7. The molecule has 14 heavy (non-hydrogen) atoms. The van der Waals surface area contributed by atoms with Gasteiger partial charge in [0.15, 0.2) is 6.29 Å². The first-order valence-electron chi connectivity index (χ1n) is 4.48. The quantitative estimate of drug-likeness (QED) is 0.611. The predicted molar refractivity (Wildman–Crippen MR) is 53.7 cm³/mol. The topological polar surface area (TPSA) is 73.6 Å². The number of methoxy groups -OCH3 is 2. The van der Waals surface area contributed by atoms with E-state index >= 15 is 0 Å². The van der Waals surface area contributed by atoms with Crippen molar-refractivity contribution in [3.8, 4) is 0 Å². The highest BCUT2D eigenvalue weighted by Gasteiger charge is 2.26. The summed E-state index contributed by atoms with van der Waals surface area (Å²) in [4.78, 5) is 11.5. The molecule has 0 aliphatic carbocycles. The third-order valence-electron chi connectivity index (χ3n) is 1.82. The van der Waals surface area contributed by atoms with Gasteiger partial charge < -0.3 is 20.5 Å². The number of nitrogens with two attached hydrogens (primary N) is 1. The number of rotatable bonds is 5. The van der Waals surface area contributed by atoms with Crippen LogP contribution in [0.1, 0.15) is 20.8 Å². The maximum atomic E-state index is 11.5. The van der Waals surface area contributed by atoms with E-state index in [1.54, 1.807) is 20.8 Å². The highest BCUT2D eigenvalue weighted by Crippen LogP contribution is 2.02. The lowest BCUT2D eigenvalue weighted by molar-refractivity contribution is -0.138. The molecule has 1 atom stereocenters. The zero-order valence-electron chi connectivity index (χ0n) is 9.46. The third-order valence-corrected chi connectivity index (χ3v) is 1.82. The fourth-order valence-electron chi connectivity index (χ4n) is 0.965. The molecule has 0 rings (SSSR count). The van der Waals surface area contributed by atoms with Gasteiger partial charge in [0.2, 0.25) is 5.91 Å². The zero-order chi connectivity index (χ0) is 11.4. The Kier molecular flexibility index (Phi) is 5.04. The molecule has 0 saturated carbocycles. The summed E-state index contributed by atoms with van der Waals surface area (Å²) < 4.78 is 9.99. The number of nitrogens with one attached hydrogen (secondary N) is 1. The molecule has 3 N–H and O–H groups in total. The number of hydrogen-bond donors (Lipinski definition) is 2. The van der Waals surface area contributed by atoms with E-state index in [9.17, 15) is 4.79 Å². The van der Waals surface area contributed by atoms with Crippen molar-refractivity contribution in [3.63, 3.8) is 0 Å². The summed E-state index contributed by atoms with van der Waals surface area (Å²) >= 11 is 0. The van der Waals surface area contributed by atoms with Crippen LogP contribution in [0.5, 0.6) is 0 Å². The van der Waals surface area contributed by atoms with E-state index in [1.165, 1.54) is 14.2 Å². The van der Waals surface area contributed by atoms with Crippen molar-refractivity contribution in [1.29, 1.82) is 0 Å². The van der Waals surface area contributed by atoms with Crippen LogP contribution in [-0.2, 0) is 14.3 Å². The third kappa shape index (κ3) is 4.04. The molecule has 0 radical (unpaired) electrons. The van der Waals surface area contributed by atoms with Gasteiger partial charge in [0.05, 0.1) is 11.6 Å². The molecule has 0 spiro atoms. The summed E-state index contributed by atoms with van der Waals surface area (Å²) in [6.45, 7) is 5.08. The number of hydrogen-bond acceptors (Lipinski definition) is 4. The van der Waals surface area contributed by atoms with Crippen molar-refractivity contribution in [2.75, 3.05) is 14.2 Å². The Balaban J connectivity index is 4.18. The van der Waals surface area contributed by atoms with E-state index in [-0.39, 0.29) is 11.9 Å². The van der Waals surface area contributed by atoms with Crippen LogP contribution >= 0.6 is 0 Å². The molecule has 0 bridgehead atoms. The second kappa shape index (κ2) is 5.29. The largest absolute Gasteiger partial charge is 0.354 e. The van der Waals surface area contributed by atoms with Crippen LogP contribution in [-0.4, -0.2) is 38.0 Å². The maximum absolute atomic E-state index is 11.5. The van der Waals surface area contributed by atoms with Crippen molar-refractivity contribution in [3.05, 3.63) is 0 Å². The Hall–Kier alpha value is -0.650. The van der Waals surface area contributed by atoms with E-state index in [0.717, 1.165) is 0 Å². The first-order valence-corrected chi connectivity index (χ1v) is 4.48. The van der Waals surface area contributed by atoms with Gasteiger partial charge in [-0.05, 0) is 20.8 Å². The average molecular weight is 204 g/mol. The minimum Gasteiger partial charge on any atom is -0.354 e. The summed E-state index contributed by atoms with van der Waals surface area (Å²) in [5.74, 6) is -0.232. The lowest BCUT2D eigenvalue weighted by atomic mass is 10.1. The SMILES string of the molecule is COC(OC)C(C)NC(=O)C(C)(C)N. The summed E-state index contributed by atoms with van der Waals surface area (Å²) in [7, 11) is 3.04. The van der Waals surface area contributed by atoms with Crippen molar-refractivity contribution in [2.24, 2.45) is 5.73 Å². The first kappa shape index (κ1) is 13.4. The van der Waals surface area contributed by atoms with Gasteiger partial charge in [-0.15, -0.1) is 0 Å². The minimum absolute atomic E-state index is 0.232. The van der Waals surface area contributed by atoms with Crippen LogP contribution in [0.15, 0.2) is 0 Å². The van der Waals surface area contributed by atoms with Crippen LogP contribution in [0.3, 0.4) is 0 Å². The van der Waals surface area contributed by atoms with Crippen LogP contribution < -0.4 is 11.1 Å². The molecular formula is C9H20N2O3. The molecule has 5 nitrogen and oxygen atoms in total. The van der Waals surface area contributed by atoms with Crippen LogP contribution in [0.2, 0.25) is 0 Å². The summed E-state index contributed by atoms with van der Waals surface area (Å²) in [6.07, 6.45) is -0.457. The molecule has 5 heteroatoms. The molecule has 84 valence electrons. The Morgan fingerprint density at radius 3 is 2.07 bits per heavy atom. The molecule has 0 aliphatic rings. The lowest BCUT2D eigenvalue weighted by Crippen LogP contribution is -2.54. The minimum atomic E-state index is -0.889. The molecular weight excluding hydrogens is 184 g/mol. The Labute approximate surface area is 84.9 Å². The van der Waals surface area contributed by atoms with Gasteiger partial charge in [-0.3, -0.25) is 4.79 Å². The molecule has 0 aliphatic heterocycles. The standard InChI is InChI=1S/C9H20N2O3/c1-6(7(13-4)14-5)11-8(12)9(2,3)10/h6-7H,10H2,1-5H3,(H,11,12). The maximum Gasteiger partial charge on any atom is 0.239 e. The Morgan fingerprint density at radius 1 is 1.36 bits per heavy atom. The Bertz CT molecular complexity index is 185. The van der Waals surface area contributed by atoms with Crippen molar-refractivity contribution >= 4 is 5.91 Å². The van der Waals surface area contributed by atoms with Gasteiger partial charge in [0.25, 0.3) is 0 Å². The van der Waals surface area contributed by atoms with Gasteiger partial charge >= 0.3 is 0 Å². The predicted octanol–water partition coefficient (Wildman–Crippen LogP) is -0.153. The van der Waals surface area contributed by atoms with E-state index < -0.39 is 11.8 Å². The van der Waals surface area contributed by atoms with E-state index in [4.69, 9.17) is 15.2 Å². The fraction of sp³-hybridized carbons (Fsp3) is 0.889. The molecule has 0 aromatic carbocycles. The highest BCUT2D eigenvalue weighted by molar-refractivity contribution is 5.85. The average Bonchev–Trinajstić information content (AvgIpc) is 2.04. The molecule has 0 saturated heterocycles. The fourth-order valence-corrected chi connectivity index (χ4v) is 0.965. The summed E-state index contributed by atoms with van der Waals surface area (Å²) in [5, 5.41) is 2.71. The molecule has 0 aromatic rings. The van der Waals surface area contributed by atoms with E-state index in [1.807, 2.05) is 0 Å². The van der Waals surface area contributed by atoms with Gasteiger partial charge in [0, 0.05) is 14.2 Å². The van der Waals surface area contributed by atoms with Crippen LogP contribution in [0.4, 0.5) is 0 Å². The molecule has 0 heterocycles. The first-order chi connectivity index (χ1) is 6.32. The summed E-state index contributed by atoms with van der Waals surface area (Å²) in [5.41, 5.74) is 4.73. The zero-order valence-corrected chi connectivity index (χ0v) is 9.46. The monoisotopic (exact) mass is 204 g/mol. The smallest absolute Gasteiger partial charge is 0.239 e. The lowest BCUT2D eigenvalue weighted by Gasteiger charge is -2.26. The molecule has 0 aromatic heterocycles. The van der Waals surface area contributed by atoms with Gasteiger partial charge in [-0.1, -0.05) is 0 Å². The molecule has 0 fully saturated rings. The Morgan fingerprint density at radius 2 is 1.79 bits per heavy atom. The number of ether oxygens (including phenoxy) is 2. The van der Waals surface area contributed by atoms with Crippen LogP contribution in [0.25, 0.3) is 0 Å². The van der Waals surface area contributed by atoms with Gasteiger partial charge in [0.1, 0.15) is 0 Å². The normalized spacial score (nSPS) is 14.2. The van der Waals surface area contributed by atoms with Crippen LogP contribution in [0, 0.1) is 0 Å². The number of carbonyl (C=O) groups is 1. The van der Waals surface area contributed by atoms with Crippen molar-refractivity contribution < 1.29 is 14.3 Å². The number of carbonyl (C=O) groups excluding carboxylic acids is 1. The van der Waals surface area contributed by atoms with Gasteiger partial charge in [-0.25, -0.2) is 0 Å². The van der Waals surface area contributed by atoms with E-state index in [0.29, 0.717) is 0 Å². The second-order valence-electron chi connectivity index (χ2n) is 3.82. The van der Waals surface area contributed by atoms with Gasteiger partial charge in [-0.2, -0.15) is 0 Å². The summed E-state index contributed by atoms with van der Waals surface area (Å²) in [6, 6.07) is -0.236. The van der Waals surface area contributed by atoms with Crippen molar-refractivity contribution in [2.45, 2.75) is 38.6 Å². The second-order valence-corrected chi connectivity index (χ2v) is 3.82. The number of amides is 1.